The third kappa shape index (κ3) is 3.21. The van der Waals surface area contributed by atoms with Gasteiger partial charge >= 0.3 is 11.9 Å². The van der Waals surface area contributed by atoms with E-state index in [4.69, 9.17) is 26.2 Å². The molecule has 0 aliphatic rings. The summed E-state index contributed by atoms with van der Waals surface area (Å²) in [4.78, 5) is 33.8. The number of anilines is 1. The molecule has 0 aliphatic carbocycles. The van der Waals surface area contributed by atoms with E-state index in [9.17, 15) is 14.4 Å². The lowest BCUT2D eigenvalue weighted by Gasteiger charge is -2.07. The Labute approximate surface area is 122 Å². The smallest absolute Gasteiger partial charge is 0.335 e. The van der Waals surface area contributed by atoms with E-state index in [1.54, 1.807) is 0 Å². The Morgan fingerprint density at radius 3 is 2.05 bits per heavy atom. The fourth-order valence-electron chi connectivity index (χ4n) is 1.60. The molecule has 8 heteroatoms. The predicted molar refractivity (Wildman–Crippen MR) is 72.0 cm³/mol. The highest BCUT2D eigenvalue weighted by Gasteiger charge is 2.16. The zero-order valence-electron chi connectivity index (χ0n) is 10.3. The van der Waals surface area contributed by atoms with Gasteiger partial charge in [0.1, 0.15) is 0 Å². The van der Waals surface area contributed by atoms with Crippen molar-refractivity contribution in [2.75, 3.05) is 5.32 Å². The van der Waals surface area contributed by atoms with Crippen molar-refractivity contribution in [2.45, 2.75) is 0 Å². The van der Waals surface area contributed by atoms with E-state index in [0.29, 0.717) is 0 Å². The average Bonchev–Trinajstić information content (AvgIpc) is 2.84. The number of benzene rings is 1. The van der Waals surface area contributed by atoms with E-state index in [0.717, 1.165) is 18.2 Å². The van der Waals surface area contributed by atoms with Crippen LogP contribution in [0.4, 0.5) is 5.69 Å². The molecule has 3 N–H and O–H groups in total. The standard InChI is InChI=1S/C13H8ClNO6/c14-10-9(1-2-21-10)11(16)15-8-4-6(12(17)18)3-7(5-8)13(19)20/h1-5H,(H,15,16)(H,17,18)(H,19,20). The topological polar surface area (TPSA) is 117 Å². The second-order valence-corrected chi connectivity index (χ2v) is 4.31. The molecule has 0 aliphatic heterocycles. The summed E-state index contributed by atoms with van der Waals surface area (Å²) in [6.45, 7) is 0. The molecule has 7 nitrogen and oxygen atoms in total. The van der Waals surface area contributed by atoms with Crippen LogP contribution in [-0.4, -0.2) is 28.1 Å². The van der Waals surface area contributed by atoms with E-state index in [1.165, 1.54) is 12.3 Å². The zero-order chi connectivity index (χ0) is 15.6. The molecule has 0 atom stereocenters. The Morgan fingerprint density at radius 2 is 1.62 bits per heavy atom. The number of carbonyl (C=O) groups is 3. The molecule has 1 aromatic carbocycles. The predicted octanol–water partition coefficient (Wildman–Crippen LogP) is 2.58. The van der Waals surface area contributed by atoms with Gasteiger partial charge in [0.05, 0.1) is 23.0 Å². The minimum absolute atomic E-state index is 0.0227. The Morgan fingerprint density at radius 1 is 1.05 bits per heavy atom. The number of nitrogens with one attached hydrogen (secondary N) is 1. The van der Waals surface area contributed by atoms with Gasteiger partial charge in [-0.3, -0.25) is 4.79 Å². The highest BCUT2D eigenvalue weighted by Crippen LogP contribution is 2.20. The van der Waals surface area contributed by atoms with Gasteiger partial charge in [-0.2, -0.15) is 0 Å². The van der Waals surface area contributed by atoms with Gasteiger partial charge in [0.2, 0.25) is 5.22 Å². The first-order chi connectivity index (χ1) is 9.88. The molecule has 2 rings (SSSR count). The third-order valence-electron chi connectivity index (χ3n) is 2.55. The molecule has 0 saturated carbocycles. The van der Waals surface area contributed by atoms with Gasteiger partial charge in [-0.25, -0.2) is 9.59 Å². The van der Waals surface area contributed by atoms with Crippen molar-refractivity contribution in [1.29, 1.82) is 0 Å². The fourth-order valence-corrected chi connectivity index (χ4v) is 1.80. The summed E-state index contributed by atoms with van der Waals surface area (Å²) >= 11 is 5.65. The lowest BCUT2D eigenvalue weighted by atomic mass is 10.1. The van der Waals surface area contributed by atoms with Crippen molar-refractivity contribution >= 4 is 35.1 Å². The number of hydrogen-bond acceptors (Lipinski definition) is 4. The third-order valence-corrected chi connectivity index (χ3v) is 2.84. The monoisotopic (exact) mass is 309 g/mol. The van der Waals surface area contributed by atoms with Crippen molar-refractivity contribution in [2.24, 2.45) is 0 Å². The maximum absolute atomic E-state index is 11.9. The summed E-state index contributed by atoms with van der Waals surface area (Å²) in [6, 6.07) is 4.60. The van der Waals surface area contributed by atoms with Gasteiger partial charge in [0.15, 0.2) is 0 Å². The highest BCUT2D eigenvalue weighted by molar-refractivity contribution is 6.32. The average molecular weight is 310 g/mol. The fraction of sp³-hybridized carbons (Fsp3) is 0. The van der Waals surface area contributed by atoms with Crippen LogP contribution >= 0.6 is 11.6 Å². The molecule has 1 amide bonds. The second kappa shape index (κ2) is 5.68. The second-order valence-electron chi connectivity index (χ2n) is 3.97. The lowest BCUT2D eigenvalue weighted by Crippen LogP contribution is -2.13. The number of aromatic carboxylic acids is 2. The van der Waals surface area contributed by atoms with Crippen LogP contribution in [0.2, 0.25) is 5.22 Å². The van der Waals surface area contributed by atoms with E-state index in [2.05, 4.69) is 5.32 Å². The Bertz CT molecular complexity index is 704. The largest absolute Gasteiger partial charge is 0.478 e. The Hall–Kier alpha value is -2.80. The number of furan rings is 1. The molecule has 0 spiro atoms. The minimum atomic E-state index is -1.31. The zero-order valence-corrected chi connectivity index (χ0v) is 11.0. The molecule has 0 saturated heterocycles. The van der Waals surface area contributed by atoms with Crippen molar-refractivity contribution in [1.82, 2.24) is 0 Å². The Balaban J connectivity index is 2.35. The van der Waals surface area contributed by atoms with E-state index in [1.807, 2.05) is 0 Å². The number of halogens is 1. The molecule has 2 aromatic rings. The van der Waals surface area contributed by atoms with Crippen molar-refractivity contribution in [3.8, 4) is 0 Å². The van der Waals surface area contributed by atoms with Gasteiger partial charge in [-0.1, -0.05) is 0 Å². The van der Waals surface area contributed by atoms with Gasteiger partial charge in [-0.05, 0) is 35.9 Å². The number of carbonyl (C=O) groups excluding carboxylic acids is 1. The van der Waals surface area contributed by atoms with Crippen LogP contribution in [0.3, 0.4) is 0 Å². The molecule has 0 fully saturated rings. The van der Waals surface area contributed by atoms with Gasteiger partial charge in [0, 0.05) is 5.69 Å². The molecule has 21 heavy (non-hydrogen) atoms. The van der Waals surface area contributed by atoms with Crippen LogP contribution in [0.15, 0.2) is 34.9 Å². The molecule has 1 aromatic heterocycles. The summed E-state index contributed by atoms with van der Waals surface area (Å²) < 4.78 is 4.76. The summed E-state index contributed by atoms with van der Waals surface area (Å²) in [5.74, 6) is -3.27. The summed E-state index contributed by atoms with van der Waals surface area (Å²) in [5, 5.41) is 20.1. The normalized spacial score (nSPS) is 10.1. The van der Waals surface area contributed by atoms with E-state index >= 15 is 0 Å². The number of rotatable bonds is 4. The van der Waals surface area contributed by atoms with Crippen molar-refractivity contribution in [3.63, 3.8) is 0 Å². The summed E-state index contributed by atoms with van der Waals surface area (Å²) in [7, 11) is 0. The van der Waals surface area contributed by atoms with E-state index < -0.39 is 17.8 Å². The minimum Gasteiger partial charge on any atom is -0.478 e. The lowest BCUT2D eigenvalue weighted by molar-refractivity contribution is 0.0696. The maximum Gasteiger partial charge on any atom is 0.335 e. The first-order valence-electron chi connectivity index (χ1n) is 5.54. The first kappa shape index (κ1) is 14.6. The molecule has 0 bridgehead atoms. The van der Waals surface area contributed by atoms with Crippen molar-refractivity contribution < 1.29 is 29.0 Å². The van der Waals surface area contributed by atoms with Crippen LogP contribution in [-0.2, 0) is 0 Å². The summed E-state index contributed by atoms with van der Waals surface area (Å²) in [6.07, 6.45) is 1.22. The molecule has 108 valence electrons. The summed E-state index contributed by atoms with van der Waals surface area (Å²) in [5.41, 5.74) is -0.448. The number of carboxylic acids is 2. The number of amides is 1. The van der Waals surface area contributed by atoms with Crippen LogP contribution in [0.5, 0.6) is 0 Å². The Kier molecular flexibility index (Phi) is 3.95. The highest BCUT2D eigenvalue weighted by atomic mass is 35.5. The van der Waals surface area contributed by atoms with Crippen LogP contribution in [0, 0.1) is 0 Å². The van der Waals surface area contributed by atoms with E-state index in [-0.39, 0.29) is 27.6 Å². The maximum atomic E-state index is 11.9. The van der Waals surface area contributed by atoms with Crippen LogP contribution in [0.1, 0.15) is 31.1 Å². The molecular formula is C13H8ClNO6. The number of carboxylic acid groups (broad SMARTS) is 2. The molecular weight excluding hydrogens is 302 g/mol. The van der Waals surface area contributed by atoms with Crippen LogP contribution in [0.25, 0.3) is 0 Å². The molecule has 0 unspecified atom stereocenters. The van der Waals surface area contributed by atoms with Gasteiger partial charge in [0.25, 0.3) is 5.91 Å². The quantitative estimate of drug-likeness (QED) is 0.799. The number of hydrogen-bond donors (Lipinski definition) is 3. The van der Waals surface area contributed by atoms with Gasteiger partial charge < -0.3 is 19.9 Å². The molecule has 1 heterocycles. The first-order valence-corrected chi connectivity index (χ1v) is 5.92. The SMILES string of the molecule is O=C(O)c1cc(NC(=O)c2ccoc2Cl)cc(C(=O)O)c1. The van der Waals surface area contributed by atoms with Gasteiger partial charge in [-0.15, -0.1) is 0 Å². The molecule has 0 radical (unpaired) electrons. The van der Waals surface area contributed by atoms with Crippen molar-refractivity contribution in [3.05, 3.63) is 52.4 Å². The van der Waals surface area contributed by atoms with Crippen LogP contribution < -0.4 is 5.32 Å².